The van der Waals surface area contributed by atoms with E-state index in [0.29, 0.717) is 18.7 Å². The Morgan fingerprint density at radius 2 is 2.29 bits per heavy atom. The van der Waals surface area contributed by atoms with Gasteiger partial charge in [-0.2, -0.15) is 0 Å². The highest BCUT2D eigenvalue weighted by atomic mass is 16.2. The lowest BCUT2D eigenvalue weighted by Gasteiger charge is -2.17. The Balaban J connectivity index is 2.22. The first kappa shape index (κ1) is 14.8. The van der Waals surface area contributed by atoms with Gasteiger partial charge in [0.05, 0.1) is 13.1 Å². The van der Waals surface area contributed by atoms with Crippen LogP contribution in [0.3, 0.4) is 0 Å². The number of amides is 1. The van der Waals surface area contributed by atoms with Crippen molar-refractivity contribution in [3.8, 4) is 11.8 Å². The van der Waals surface area contributed by atoms with E-state index in [4.69, 9.17) is 5.73 Å². The lowest BCUT2D eigenvalue weighted by atomic mass is 10.0. The van der Waals surface area contributed by atoms with Gasteiger partial charge in [-0.25, -0.2) is 4.98 Å². The third kappa shape index (κ3) is 3.50. The van der Waals surface area contributed by atoms with Crippen LogP contribution in [-0.2, 0) is 6.54 Å². The molecule has 0 aliphatic rings. The number of carbonyl (C=O) groups is 1. The van der Waals surface area contributed by atoms with Gasteiger partial charge in [0.25, 0.3) is 5.91 Å². The molecule has 0 radical (unpaired) electrons. The number of nitrogens with zero attached hydrogens (tertiary/aromatic N) is 2. The molecular weight excluding hydrogens is 264 g/mol. The Labute approximate surface area is 124 Å². The predicted molar refractivity (Wildman–Crippen MR) is 81.5 cm³/mol. The van der Waals surface area contributed by atoms with E-state index < -0.39 is 0 Å². The van der Waals surface area contributed by atoms with Crippen molar-refractivity contribution in [1.82, 2.24) is 14.9 Å². The van der Waals surface area contributed by atoms with Crippen molar-refractivity contribution in [3.05, 3.63) is 53.1 Å². The molecule has 1 aromatic carbocycles. The van der Waals surface area contributed by atoms with Crippen molar-refractivity contribution >= 4 is 5.91 Å². The quantitative estimate of drug-likeness (QED) is 0.833. The van der Waals surface area contributed by atoms with Crippen molar-refractivity contribution in [2.24, 2.45) is 5.73 Å². The number of aromatic amines is 1. The summed E-state index contributed by atoms with van der Waals surface area (Å²) in [4.78, 5) is 21.3. The maximum atomic E-state index is 12.5. The zero-order chi connectivity index (χ0) is 15.2. The number of nitrogens with two attached hydrogens (primary N) is 1. The molecule has 0 aliphatic heterocycles. The minimum atomic E-state index is -0.0553. The molecule has 1 amide bonds. The Bertz CT molecular complexity index is 680. The number of nitrogens with one attached hydrogen (secondary N) is 1. The van der Waals surface area contributed by atoms with Gasteiger partial charge < -0.3 is 15.6 Å². The van der Waals surface area contributed by atoms with Gasteiger partial charge in [-0.3, -0.25) is 4.79 Å². The number of hydrogen-bond donors (Lipinski definition) is 2. The van der Waals surface area contributed by atoms with E-state index in [1.165, 1.54) is 0 Å². The summed E-state index contributed by atoms with van der Waals surface area (Å²) < 4.78 is 0. The molecule has 108 valence electrons. The maximum absolute atomic E-state index is 12.5. The maximum Gasteiger partial charge on any atom is 0.254 e. The first-order valence-corrected chi connectivity index (χ1v) is 6.65. The normalized spacial score (nSPS) is 9.86. The Hall–Kier alpha value is -2.58. The monoisotopic (exact) mass is 282 g/mol. The van der Waals surface area contributed by atoms with Crippen LogP contribution in [0.1, 0.15) is 27.3 Å². The molecule has 1 aromatic heterocycles. The van der Waals surface area contributed by atoms with E-state index in [1.54, 1.807) is 24.3 Å². The molecule has 2 rings (SSSR count). The second kappa shape index (κ2) is 6.73. The van der Waals surface area contributed by atoms with Crippen LogP contribution in [0, 0.1) is 18.8 Å². The number of carbonyl (C=O) groups excluding carboxylic acids is 1. The third-order valence-electron chi connectivity index (χ3n) is 3.18. The molecule has 21 heavy (non-hydrogen) atoms. The van der Waals surface area contributed by atoms with Crippen LogP contribution < -0.4 is 5.73 Å². The van der Waals surface area contributed by atoms with Crippen LogP contribution in [0.15, 0.2) is 30.6 Å². The highest BCUT2D eigenvalue weighted by Crippen LogP contribution is 2.15. The molecule has 2 aromatic rings. The van der Waals surface area contributed by atoms with Gasteiger partial charge in [-0.05, 0) is 24.6 Å². The second-order valence-electron chi connectivity index (χ2n) is 4.68. The minimum Gasteiger partial charge on any atom is -0.347 e. The fraction of sp³-hybridized carbons (Fsp3) is 0.250. The molecule has 5 heteroatoms. The fourth-order valence-corrected chi connectivity index (χ4v) is 2.04. The Morgan fingerprint density at radius 1 is 1.48 bits per heavy atom. The van der Waals surface area contributed by atoms with E-state index in [9.17, 15) is 4.79 Å². The smallest absolute Gasteiger partial charge is 0.254 e. The Morgan fingerprint density at radius 3 is 2.95 bits per heavy atom. The molecule has 0 aliphatic carbocycles. The zero-order valence-electron chi connectivity index (χ0n) is 12.2. The summed E-state index contributed by atoms with van der Waals surface area (Å²) >= 11 is 0. The van der Waals surface area contributed by atoms with Gasteiger partial charge in [0.2, 0.25) is 0 Å². The molecule has 3 N–H and O–H groups in total. The number of H-pyrrole nitrogens is 1. The van der Waals surface area contributed by atoms with Gasteiger partial charge >= 0.3 is 0 Å². The lowest BCUT2D eigenvalue weighted by Crippen LogP contribution is -2.27. The van der Waals surface area contributed by atoms with E-state index in [2.05, 4.69) is 21.8 Å². The van der Waals surface area contributed by atoms with Crippen LogP contribution >= 0.6 is 0 Å². The summed E-state index contributed by atoms with van der Waals surface area (Å²) in [5, 5.41) is 0. The van der Waals surface area contributed by atoms with Crippen molar-refractivity contribution in [2.75, 3.05) is 13.6 Å². The number of imidazole rings is 1. The molecule has 0 saturated heterocycles. The highest BCUT2D eigenvalue weighted by molar-refractivity contribution is 5.96. The SMILES string of the molecule is Cc1c(C#CCN)cccc1C(=O)N(C)Cc1ncc[nH]1. The number of rotatable bonds is 3. The number of hydrogen-bond acceptors (Lipinski definition) is 3. The van der Waals surface area contributed by atoms with Gasteiger partial charge in [0.1, 0.15) is 5.82 Å². The zero-order valence-corrected chi connectivity index (χ0v) is 12.2. The Kier molecular flexibility index (Phi) is 4.75. The molecule has 0 atom stereocenters. The molecular formula is C16H18N4O. The summed E-state index contributed by atoms with van der Waals surface area (Å²) in [6.07, 6.45) is 3.41. The molecule has 0 saturated carbocycles. The summed E-state index contributed by atoms with van der Waals surface area (Å²) in [6.45, 7) is 2.63. The van der Waals surface area contributed by atoms with Crippen LogP contribution in [0.4, 0.5) is 0 Å². The van der Waals surface area contributed by atoms with Crippen molar-refractivity contribution < 1.29 is 4.79 Å². The van der Waals surface area contributed by atoms with Crippen molar-refractivity contribution in [3.63, 3.8) is 0 Å². The van der Waals surface area contributed by atoms with E-state index in [1.807, 2.05) is 25.1 Å². The summed E-state index contributed by atoms with van der Waals surface area (Å²) in [6, 6.07) is 5.53. The average molecular weight is 282 g/mol. The average Bonchev–Trinajstić information content (AvgIpc) is 2.98. The van der Waals surface area contributed by atoms with E-state index in [-0.39, 0.29) is 5.91 Å². The molecule has 1 heterocycles. The van der Waals surface area contributed by atoms with Gasteiger partial charge in [-0.1, -0.05) is 17.9 Å². The van der Waals surface area contributed by atoms with Gasteiger partial charge in [0.15, 0.2) is 0 Å². The third-order valence-corrected chi connectivity index (χ3v) is 3.18. The van der Waals surface area contributed by atoms with E-state index in [0.717, 1.165) is 17.0 Å². The second-order valence-corrected chi connectivity index (χ2v) is 4.68. The predicted octanol–water partition coefficient (Wildman–Crippen LogP) is 1.30. The fourth-order valence-electron chi connectivity index (χ4n) is 2.04. The summed E-state index contributed by atoms with van der Waals surface area (Å²) in [7, 11) is 1.75. The minimum absolute atomic E-state index is 0.0553. The van der Waals surface area contributed by atoms with Crippen molar-refractivity contribution in [2.45, 2.75) is 13.5 Å². The van der Waals surface area contributed by atoms with Crippen LogP contribution in [-0.4, -0.2) is 34.4 Å². The van der Waals surface area contributed by atoms with Crippen LogP contribution in [0.25, 0.3) is 0 Å². The topological polar surface area (TPSA) is 75.0 Å². The van der Waals surface area contributed by atoms with Gasteiger partial charge in [0, 0.05) is 30.6 Å². The standard InChI is InChI=1S/C16H18N4O/c1-12-13(6-4-8-17)5-3-7-14(12)16(21)20(2)11-15-18-9-10-19-15/h3,5,7,9-10H,8,11,17H2,1-2H3,(H,18,19). The number of aromatic nitrogens is 2. The largest absolute Gasteiger partial charge is 0.347 e. The molecule has 0 spiro atoms. The molecule has 5 nitrogen and oxygen atoms in total. The van der Waals surface area contributed by atoms with Gasteiger partial charge in [-0.15, -0.1) is 0 Å². The summed E-state index contributed by atoms with van der Waals surface area (Å²) in [5.41, 5.74) is 7.74. The van der Waals surface area contributed by atoms with Crippen LogP contribution in [0.2, 0.25) is 0 Å². The summed E-state index contributed by atoms with van der Waals surface area (Å²) in [5.74, 6) is 6.50. The van der Waals surface area contributed by atoms with E-state index >= 15 is 0 Å². The van der Waals surface area contributed by atoms with Crippen LogP contribution in [0.5, 0.6) is 0 Å². The first-order valence-electron chi connectivity index (χ1n) is 6.65. The van der Waals surface area contributed by atoms with Crippen molar-refractivity contribution in [1.29, 1.82) is 0 Å². The number of benzene rings is 1. The first-order chi connectivity index (χ1) is 10.1. The highest BCUT2D eigenvalue weighted by Gasteiger charge is 2.16. The molecule has 0 unspecified atom stereocenters. The molecule has 0 fully saturated rings. The molecule has 0 bridgehead atoms. The lowest BCUT2D eigenvalue weighted by molar-refractivity contribution is 0.0781.